The van der Waals surface area contributed by atoms with Gasteiger partial charge in [0.1, 0.15) is 5.52 Å². The summed E-state index contributed by atoms with van der Waals surface area (Å²) in [5.41, 5.74) is 3.84. The number of carbonyl (C=O) groups excluding carboxylic acids is 1. The Morgan fingerprint density at radius 2 is 2.03 bits per heavy atom. The summed E-state index contributed by atoms with van der Waals surface area (Å²) in [6.07, 6.45) is 8.57. The molecule has 160 valence electrons. The van der Waals surface area contributed by atoms with Gasteiger partial charge in [-0.2, -0.15) is 5.26 Å². The maximum Gasteiger partial charge on any atom is 0.239 e. The molecule has 30 heavy (non-hydrogen) atoms. The number of nitriles is 1. The van der Waals surface area contributed by atoms with E-state index in [1.54, 1.807) is 0 Å². The monoisotopic (exact) mass is 408 g/mol. The predicted octanol–water partition coefficient (Wildman–Crippen LogP) is 3.66. The zero-order valence-electron chi connectivity index (χ0n) is 18.2. The quantitative estimate of drug-likeness (QED) is 0.728. The number of likely N-dealkylation sites (tertiary alicyclic amines) is 1. The summed E-state index contributed by atoms with van der Waals surface area (Å²) in [5, 5.41) is 12.7. The molecule has 0 bridgehead atoms. The van der Waals surface area contributed by atoms with Gasteiger partial charge in [-0.05, 0) is 44.9 Å². The first-order valence-electron chi connectivity index (χ1n) is 11.2. The molecular formula is C23H32N6O. The van der Waals surface area contributed by atoms with Crippen LogP contribution >= 0.6 is 0 Å². The van der Waals surface area contributed by atoms with Crippen LogP contribution in [0.15, 0.2) is 12.4 Å². The van der Waals surface area contributed by atoms with Crippen LogP contribution in [0, 0.1) is 23.2 Å². The second-order valence-corrected chi connectivity index (χ2v) is 9.31. The number of fused-ring (bicyclic) bond motifs is 1. The van der Waals surface area contributed by atoms with Crippen molar-refractivity contribution in [2.24, 2.45) is 11.8 Å². The molecule has 2 aromatic heterocycles. The van der Waals surface area contributed by atoms with Crippen LogP contribution in [0.5, 0.6) is 0 Å². The number of piperidine rings is 1. The van der Waals surface area contributed by atoms with Crippen molar-refractivity contribution in [3.05, 3.63) is 23.7 Å². The number of aromatic amines is 1. The van der Waals surface area contributed by atoms with E-state index in [1.165, 1.54) is 12.8 Å². The van der Waals surface area contributed by atoms with E-state index >= 15 is 0 Å². The highest BCUT2D eigenvalue weighted by Crippen LogP contribution is 2.39. The summed E-state index contributed by atoms with van der Waals surface area (Å²) in [6, 6.07) is 2.07. The van der Waals surface area contributed by atoms with Gasteiger partial charge in [0.05, 0.1) is 24.0 Å². The fraction of sp³-hybridized carbons (Fsp3) is 0.652. The SMILES string of the molecule is CC(C)C[C@@H](NC(C)c1c[nH]c2ncc(C3CC3)nc12)C(=O)N1CCC(C#N)CC1. The molecule has 1 aliphatic heterocycles. The molecular weight excluding hydrogens is 376 g/mol. The number of amides is 1. The average molecular weight is 409 g/mol. The molecule has 1 saturated heterocycles. The minimum absolute atomic E-state index is 0.0214. The highest BCUT2D eigenvalue weighted by atomic mass is 16.2. The largest absolute Gasteiger partial charge is 0.344 e. The Morgan fingerprint density at radius 1 is 1.30 bits per heavy atom. The van der Waals surface area contributed by atoms with Gasteiger partial charge in [0, 0.05) is 42.7 Å². The van der Waals surface area contributed by atoms with Gasteiger partial charge in [-0.1, -0.05) is 13.8 Å². The highest BCUT2D eigenvalue weighted by molar-refractivity contribution is 5.82. The van der Waals surface area contributed by atoms with Gasteiger partial charge in [-0.3, -0.25) is 10.1 Å². The molecule has 0 spiro atoms. The van der Waals surface area contributed by atoms with Gasteiger partial charge >= 0.3 is 0 Å². The van der Waals surface area contributed by atoms with Gasteiger partial charge in [0.2, 0.25) is 5.91 Å². The molecule has 3 heterocycles. The third kappa shape index (κ3) is 4.49. The Bertz CT molecular complexity index is 933. The van der Waals surface area contributed by atoms with Crippen molar-refractivity contribution < 1.29 is 4.79 Å². The van der Waals surface area contributed by atoms with Crippen molar-refractivity contribution in [2.75, 3.05) is 13.1 Å². The molecule has 2 N–H and O–H groups in total. The molecule has 1 unspecified atom stereocenters. The lowest BCUT2D eigenvalue weighted by Crippen LogP contribution is -2.50. The van der Waals surface area contributed by atoms with E-state index in [0.717, 1.165) is 41.7 Å². The molecule has 1 saturated carbocycles. The number of hydrogen-bond acceptors (Lipinski definition) is 5. The minimum atomic E-state index is -0.247. The number of aromatic nitrogens is 3. The molecule has 2 fully saturated rings. The van der Waals surface area contributed by atoms with Crippen LogP contribution in [0.3, 0.4) is 0 Å². The molecule has 0 radical (unpaired) electrons. The fourth-order valence-electron chi connectivity index (χ4n) is 4.38. The van der Waals surface area contributed by atoms with E-state index in [1.807, 2.05) is 17.3 Å². The summed E-state index contributed by atoms with van der Waals surface area (Å²) >= 11 is 0. The van der Waals surface area contributed by atoms with Crippen LogP contribution in [0.1, 0.15) is 76.1 Å². The molecule has 2 aromatic rings. The molecule has 2 aliphatic rings. The third-order valence-corrected chi connectivity index (χ3v) is 6.34. The van der Waals surface area contributed by atoms with E-state index in [2.05, 4.69) is 42.1 Å². The standard InChI is InChI=1S/C23H32N6O/c1-14(2)10-19(23(30)29-8-6-16(11-24)7-9-29)27-15(3)18-12-25-22-21(18)28-20(13-26-22)17-4-5-17/h12-17,19,27H,4-10H2,1-3H3,(H,25,26)/t15?,19-/m1/s1. The number of nitrogens with one attached hydrogen (secondary N) is 2. The third-order valence-electron chi connectivity index (χ3n) is 6.34. The fourth-order valence-corrected chi connectivity index (χ4v) is 4.38. The second kappa shape index (κ2) is 8.73. The molecule has 7 nitrogen and oxygen atoms in total. The molecule has 1 aliphatic carbocycles. The maximum atomic E-state index is 13.3. The Labute approximate surface area is 178 Å². The van der Waals surface area contributed by atoms with Crippen molar-refractivity contribution in [2.45, 2.75) is 70.9 Å². The first-order chi connectivity index (χ1) is 14.5. The smallest absolute Gasteiger partial charge is 0.239 e. The number of H-pyrrole nitrogens is 1. The van der Waals surface area contributed by atoms with Crippen LogP contribution in [-0.4, -0.2) is 44.9 Å². The Hall–Kier alpha value is -2.46. The van der Waals surface area contributed by atoms with Crippen LogP contribution in [-0.2, 0) is 4.79 Å². The highest BCUT2D eigenvalue weighted by Gasteiger charge is 2.31. The summed E-state index contributed by atoms with van der Waals surface area (Å²) in [4.78, 5) is 27.9. The Kier molecular flexibility index (Phi) is 6.05. The lowest BCUT2D eigenvalue weighted by atomic mass is 9.96. The van der Waals surface area contributed by atoms with Crippen molar-refractivity contribution in [1.29, 1.82) is 5.26 Å². The number of hydrogen-bond donors (Lipinski definition) is 2. The normalized spacial score (nSPS) is 19.8. The summed E-state index contributed by atoms with van der Waals surface area (Å²) in [5.74, 6) is 1.19. The van der Waals surface area contributed by atoms with Crippen molar-refractivity contribution in [3.63, 3.8) is 0 Å². The zero-order chi connectivity index (χ0) is 21.3. The number of carbonyl (C=O) groups is 1. The summed E-state index contributed by atoms with van der Waals surface area (Å²) < 4.78 is 0. The lowest BCUT2D eigenvalue weighted by molar-refractivity contribution is -0.135. The minimum Gasteiger partial charge on any atom is -0.344 e. The van der Waals surface area contributed by atoms with Crippen LogP contribution in [0.2, 0.25) is 0 Å². The van der Waals surface area contributed by atoms with Gasteiger partial charge in [0.15, 0.2) is 5.65 Å². The molecule has 2 atom stereocenters. The van der Waals surface area contributed by atoms with Crippen LogP contribution in [0.4, 0.5) is 0 Å². The van der Waals surface area contributed by atoms with Gasteiger partial charge in [-0.15, -0.1) is 0 Å². The lowest BCUT2D eigenvalue weighted by Gasteiger charge is -2.34. The topological polar surface area (TPSA) is 97.7 Å². The Balaban J connectivity index is 1.50. The van der Waals surface area contributed by atoms with E-state index in [4.69, 9.17) is 10.2 Å². The van der Waals surface area contributed by atoms with Crippen molar-refractivity contribution >= 4 is 17.1 Å². The van der Waals surface area contributed by atoms with E-state index in [0.29, 0.717) is 24.9 Å². The van der Waals surface area contributed by atoms with Crippen molar-refractivity contribution in [3.8, 4) is 6.07 Å². The second-order valence-electron chi connectivity index (χ2n) is 9.31. The van der Waals surface area contributed by atoms with E-state index in [9.17, 15) is 4.79 Å². The molecule has 1 amide bonds. The van der Waals surface area contributed by atoms with Gasteiger partial charge in [-0.25, -0.2) is 9.97 Å². The average Bonchev–Trinajstić information content (AvgIpc) is 3.51. The molecule has 0 aromatic carbocycles. The number of rotatable bonds is 7. The first-order valence-corrected chi connectivity index (χ1v) is 11.2. The predicted molar refractivity (Wildman–Crippen MR) is 116 cm³/mol. The van der Waals surface area contributed by atoms with Crippen molar-refractivity contribution in [1.82, 2.24) is 25.2 Å². The Morgan fingerprint density at radius 3 is 2.67 bits per heavy atom. The van der Waals surface area contributed by atoms with Gasteiger partial charge < -0.3 is 9.88 Å². The van der Waals surface area contributed by atoms with Gasteiger partial charge in [0.25, 0.3) is 0 Å². The zero-order valence-corrected chi connectivity index (χ0v) is 18.2. The number of nitrogens with zero attached hydrogens (tertiary/aromatic N) is 4. The van der Waals surface area contributed by atoms with E-state index < -0.39 is 0 Å². The van der Waals surface area contributed by atoms with Crippen LogP contribution < -0.4 is 5.32 Å². The van der Waals surface area contributed by atoms with E-state index in [-0.39, 0.29) is 23.9 Å². The molecule has 4 rings (SSSR count). The molecule has 7 heteroatoms. The maximum absolute atomic E-state index is 13.3. The summed E-state index contributed by atoms with van der Waals surface area (Å²) in [7, 11) is 0. The van der Waals surface area contributed by atoms with Crippen LogP contribution in [0.25, 0.3) is 11.2 Å². The first kappa shape index (κ1) is 20.8. The summed E-state index contributed by atoms with van der Waals surface area (Å²) in [6.45, 7) is 7.73.